The average molecular weight is 231 g/mol. The van der Waals surface area contributed by atoms with Crippen molar-refractivity contribution in [3.8, 4) is 0 Å². The second kappa shape index (κ2) is 8.46. The maximum absolute atomic E-state index is 3.50. The first-order valence-corrected chi connectivity index (χ1v) is 7.50. The average Bonchev–Trinajstić information content (AvgIpc) is 2.21. The van der Waals surface area contributed by atoms with E-state index in [9.17, 15) is 0 Å². The van der Waals surface area contributed by atoms with Gasteiger partial charge in [-0.1, -0.05) is 34.6 Å². The molecule has 0 rings (SSSR count). The predicted octanol–water partition coefficient (Wildman–Crippen LogP) is 3.79. The minimum Gasteiger partial charge on any atom is -0.316 e. The number of nitrogens with one attached hydrogen (secondary N) is 1. The minimum absolute atomic E-state index is 0.476. The number of hydrogen-bond donors (Lipinski definition) is 1. The summed E-state index contributed by atoms with van der Waals surface area (Å²) in [6.07, 6.45) is 2.71. The van der Waals surface area contributed by atoms with E-state index < -0.39 is 0 Å². The Balaban J connectivity index is 3.90. The minimum atomic E-state index is 0.476. The lowest BCUT2D eigenvalue weighted by Crippen LogP contribution is -2.36. The molecule has 0 spiro atoms. The standard InChI is InChI=1S/C13H29NS/c1-6-14-11-13(5,12(3)4)9-8-10-15-7-2/h12,14H,6-11H2,1-5H3. The van der Waals surface area contributed by atoms with E-state index in [2.05, 4.69) is 51.7 Å². The Labute approximate surface area is 101 Å². The van der Waals surface area contributed by atoms with Crippen LogP contribution in [-0.4, -0.2) is 24.6 Å². The molecule has 1 nitrogen and oxygen atoms in total. The van der Waals surface area contributed by atoms with Crippen molar-refractivity contribution in [1.82, 2.24) is 5.32 Å². The Bertz CT molecular complexity index is 147. The summed E-state index contributed by atoms with van der Waals surface area (Å²) in [4.78, 5) is 0. The summed E-state index contributed by atoms with van der Waals surface area (Å²) in [6, 6.07) is 0. The Hall–Kier alpha value is 0.310. The fourth-order valence-electron chi connectivity index (χ4n) is 1.71. The third kappa shape index (κ3) is 6.47. The molecule has 15 heavy (non-hydrogen) atoms. The molecular weight excluding hydrogens is 202 g/mol. The van der Waals surface area contributed by atoms with Crippen LogP contribution in [0.2, 0.25) is 0 Å². The van der Waals surface area contributed by atoms with Crippen LogP contribution in [0.1, 0.15) is 47.5 Å². The van der Waals surface area contributed by atoms with Gasteiger partial charge in [0.05, 0.1) is 0 Å². The van der Waals surface area contributed by atoms with Gasteiger partial charge in [-0.3, -0.25) is 0 Å². The zero-order valence-electron chi connectivity index (χ0n) is 11.2. The van der Waals surface area contributed by atoms with Gasteiger partial charge >= 0.3 is 0 Å². The molecule has 0 aromatic carbocycles. The van der Waals surface area contributed by atoms with E-state index in [1.165, 1.54) is 24.3 Å². The van der Waals surface area contributed by atoms with Gasteiger partial charge in [0.2, 0.25) is 0 Å². The van der Waals surface area contributed by atoms with E-state index in [4.69, 9.17) is 0 Å². The van der Waals surface area contributed by atoms with Crippen LogP contribution in [0, 0.1) is 11.3 Å². The summed E-state index contributed by atoms with van der Waals surface area (Å²) in [5.74, 6) is 3.35. The molecule has 0 aliphatic carbocycles. The molecule has 2 heteroatoms. The van der Waals surface area contributed by atoms with Gasteiger partial charge in [-0.15, -0.1) is 0 Å². The molecule has 0 aliphatic heterocycles. The van der Waals surface area contributed by atoms with E-state index in [1.807, 2.05) is 0 Å². The van der Waals surface area contributed by atoms with Crippen LogP contribution < -0.4 is 5.32 Å². The number of thioether (sulfide) groups is 1. The molecular formula is C13H29NS. The Morgan fingerprint density at radius 2 is 1.93 bits per heavy atom. The lowest BCUT2D eigenvalue weighted by atomic mass is 9.75. The molecule has 0 aliphatic rings. The molecule has 1 atom stereocenters. The second-order valence-corrected chi connectivity index (χ2v) is 6.28. The summed E-state index contributed by atoms with van der Waals surface area (Å²) >= 11 is 2.06. The van der Waals surface area contributed by atoms with Crippen molar-refractivity contribution in [2.75, 3.05) is 24.6 Å². The normalized spacial score (nSPS) is 15.6. The van der Waals surface area contributed by atoms with Crippen molar-refractivity contribution in [1.29, 1.82) is 0 Å². The topological polar surface area (TPSA) is 12.0 Å². The van der Waals surface area contributed by atoms with Crippen molar-refractivity contribution in [2.45, 2.75) is 47.5 Å². The van der Waals surface area contributed by atoms with Gasteiger partial charge < -0.3 is 5.32 Å². The first-order valence-electron chi connectivity index (χ1n) is 6.35. The zero-order chi connectivity index (χ0) is 11.7. The SMILES string of the molecule is CCNCC(C)(CCCSCC)C(C)C. The molecule has 1 unspecified atom stereocenters. The smallest absolute Gasteiger partial charge is 0.000750 e. The Morgan fingerprint density at radius 3 is 2.40 bits per heavy atom. The van der Waals surface area contributed by atoms with Crippen LogP contribution in [-0.2, 0) is 0 Å². The molecule has 1 N–H and O–H groups in total. The van der Waals surface area contributed by atoms with E-state index in [1.54, 1.807) is 0 Å². The van der Waals surface area contributed by atoms with Gasteiger partial charge in [0.1, 0.15) is 0 Å². The highest BCUT2D eigenvalue weighted by molar-refractivity contribution is 7.99. The zero-order valence-corrected chi connectivity index (χ0v) is 12.0. The van der Waals surface area contributed by atoms with Gasteiger partial charge in [0, 0.05) is 6.54 Å². The first-order chi connectivity index (χ1) is 7.06. The summed E-state index contributed by atoms with van der Waals surface area (Å²) < 4.78 is 0. The van der Waals surface area contributed by atoms with E-state index in [-0.39, 0.29) is 0 Å². The number of rotatable bonds is 9. The lowest BCUT2D eigenvalue weighted by Gasteiger charge is -2.34. The summed E-state index contributed by atoms with van der Waals surface area (Å²) in [5.41, 5.74) is 0.476. The van der Waals surface area contributed by atoms with Crippen LogP contribution in [0.5, 0.6) is 0 Å². The Kier molecular flexibility index (Phi) is 8.64. The third-order valence-corrected chi connectivity index (χ3v) is 4.40. The highest BCUT2D eigenvalue weighted by Gasteiger charge is 2.26. The highest BCUT2D eigenvalue weighted by atomic mass is 32.2. The van der Waals surface area contributed by atoms with Gasteiger partial charge in [-0.05, 0) is 42.2 Å². The van der Waals surface area contributed by atoms with E-state index in [0.29, 0.717) is 5.41 Å². The van der Waals surface area contributed by atoms with Crippen LogP contribution >= 0.6 is 11.8 Å². The van der Waals surface area contributed by atoms with Crippen molar-refractivity contribution in [3.05, 3.63) is 0 Å². The quantitative estimate of drug-likeness (QED) is 0.606. The van der Waals surface area contributed by atoms with Crippen LogP contribution in [0.4, 0.5) is 0 Å². The largest absolute Gasteiger partial charge is 0.316 e. The van der Waals surface area contributed by atoms with Crippen molar-refractivity contribution < 1.29 is 0 Å². The summed E-state index contributed by atoms with van der Waals surface area (Å²) in [7, 11) is 0. The van der Waals surface area contributed by atoms with E-state index in [0.717, 1.165) is 19.0 Å². The van der Waals surface area contributed by atoms with Crippen molar-refractivity contribution in [3.63, 3.8) is 0 Å². The maximum atomic E-state index is 3.50. The molecule has 0 aromatic heterocycles. The molecule has 0 bridgehead atoms. The van der Waals surface area contributed by atoms with Gasteiger partial charge in [0.15, 0.2) is 0 Å². The van der Waals surface area contributed by atoms with Gasteiger partial charge in [-0.2, -0.15) is 11.8 Å². The maximum Gasteiger partial charge on any atom is 0.000750 e. The molecule has 0 fully saturated rings. The van der Waals surface area contributed by atoms with Crippen LogP contribution in [0.15, 0.2) is 0 Å². The lowest BCUT2D eigenvalue weighted by molar-refractivity contribution is 0.191. The number of hydrogen-bond acceptors (Lipinski definition) is 2. The molecule has 0 heterocycles. The van der Waals surface area contributed by atoms with Crippen molar-refractivity contribution >= 4 is 11.8 Å². The van der Waals surface area contributed by atoms with E-state index >= 15 is 0 Å². The van der Waals surface area contributed by atoms with Gasteiger partial charge in [0.25, 0.3) is 0 Å². The molecule has 0 radical (unpaired) electrons. The molecule has 92 valence electrons. The van der Waals surface area contributed by atoms with Gasteiger partial charge in [-0.25, -0.2) is 0 Å². The Morgan fingerprint density at radius 1 is 1.27 bits per heavy atom. The van der Waals surface area contributed by atoms with Crippen LogP contribution in [0.25, 0.3) is 0 Å². The van der Waals surface area contributed by atoms with Crippen LogP contribution in [0.3, 0.4) is 0 Å². The highest BCUT2D eigenvalue weighted by Crippen LogP contribution is 2.32. The third-order valence-electron chi connectivity index (χ3n) is 3.41. The van der Waals surface area contributed by atoms with Crippen molar-refractivity contribution in [2.24, 2.45) is 11.3 Å². The second-order valence-electron chi connectivity index (χ2n) is 4.89. The summed E-state index contributed by atoms with van der Waals surface area (Å²) in [5, 5.41) is 3.50. The molecule has 0 saturated heterocycles. The fraction of sp³-hybridized carbons (Fsp3) is 1.00. The molecule has 0 amide bonds. The summed E-state index contributed by atoms with van der Waals surface area (Å²) in [6.45, 7) is 13.8. The first kappa shape index (κ1) is 15.3. The predicted molar refractivity (Wildman–Crippen MR) is 73.7 cm³/mol. The molecule has 0 aromatic rings. The molecule has 0 saturated carbocycles. The fourth-order valence-corrected chi connectivity index (χ4v) is 2.35. The monoisotopic (exact) mass is 231 g/mol.